The molecule has 35 heavy (non-hydrogen) atoms. The normalized spacial score (nSPS) is 15.0. The number of carbonyl (C=O) groups excluding carboxylic acids is 2. The highest BCUT2D eigenvalue weighted by Crippen LogP contribution is 2.32. The lowest BCUT2D eigenvalue weighted by molar-refractivity contribution is -0.384. The van der Waals surface area contributed by atoms with Crippen LogP contribution in [0.15, 0.2) is 81.8 Å². The largest absolute Gasteiger partial charge is 0.457 e. The number of imide groups is 1. The van der Waals surface area contributed by atoms with Crippen molar-refractivity contribution in [1.82, 2.24) is 4.90 Å². The van der Waals surface area contributed by atoms with E-state index in [-0.39, 0.29) is 29.0 Å². The van der Waals surface area contributed by atoms with E-state index in [2.05, 4.69) is 0 Å². The second-order valence-electron chi connectivity index (χ2n) is 8.13. The van der Waals surface area contributed by atoms with Gasteiger partial charge in [-0.2, -0.15) is 5.26 Å². The average molecular weight is 467 g/mol. The highest BCUT2D eigenvalue weighted by Gasteiger charge is 2.35. The Bertz CT molecular complexity index is 1440. The summed E-state index contributed by atoms with van der Waals surface area (Å²) in [6, 6.07) is 19.2. The molecule has 8 heteroatoms. The van der Waals surface area contributed by atoms with Crippen molar-refractivity contribution in [3.05, 3.63) is 104 Å². The van der Waals surface area contributed by atoms with Gasteiger partial charge in [-0.15, -0.1) is 0 Å². The molecule has 1 aliphatic heterocycles. The van der Waals surface area contributed by atoms with Gasteiger partial charge in [0.1, 0.15) is 23.2 Å². The second kappa shape index (κ2) is 9.61. The van der Waals surface area contributed by atoms with Crippen LogP contribution < -0.4 is 0 Å². The first kappa shape index (κ1) is 23.4. The van der Waals surface area contributed by atoms with Crippen molar-refractivity contribution >= 4 is 23.6 Å². The number of non-ortho nitro benzene ring substituents is 1. The number of carbonyl (C=O) groups is 2. The predicted octanol–water partition coefficient (Wildman–Crippen LogP) is 5.00. The Hall–Kier alpha value is -4.77. The van der Waals surface area contributed by atoms with Gasteiger partial charge in [0.05, 0.1) is 4.92 Å². The number of hydrogen-bond donors (Lipinski definition) is 0. The maximum Gasteiger partial charge on any atom is 0.271 e. The van der Waals surface area contributed by atoms with Gasteiger partial charge >= 0.3 is 0 Å². The SMILES string of the molecule is CC1=C(C#N)C(=O)N(CCc2ccccc2)C(=O)/C1=C/c1ccc(-c2cc([N+](=O)[O-])ccc2C)o1. The molecule has 1 aromatic heterocycles. The molecule has 0 N–H and O–H groups in total. The Labute approximate surface area is 201 Å². The van der Waals surface area contributed by atoms with E-state index in [0.29, 0.717) is 23.5 Å². The first-order valence-electron chi connectivity index (χ1n) is 10.9. The van der Waals surface area contributed by atoms with Gasteiger partial charge in [-0.1, -0.05) is 36.4 Å². The summed E-state index contributed by atoms with van der Waals surface area (Å²) in [4.78, 5) is 37.9. The third kappa shape index (κ3) is 4.66. The summed E-state index contributed by atoms with van der Waals surface area (Å²) < 4.78 is 5.88. The minimum atomic E-state index is -0.615. The Morgan fingerprint density at radius 2 is 1.80 bits per heavy atom. The van der Waals surface area contributed by atoms with Crippen LogP contribution in [0.4, 0.5) is 5.69 Å². The Morgan fingerprint density at radius 1 is 1.06 bits per heavy atom. The van der Waals surface area contributed by atoms with Gasteiger partial charge in [0.15, 0.2) is 0 Å². The molecule has 2 amide bonds. The summed E-state index contributed by atoms with van der Waals surface area (Å²) in [5.74, 6) is -0.397. The fourth-order valence-electron chi connectivity index (χ4n) is 3.92. The molecule has 0 fully saturated rings. The van der Waals surface area contributed by atoms with Crippen molar-refractivity contribution in [2.75, 3.05) is 6.54 Å². The van der Waals surface area contributed by atoms with E-state index in [0.717, 1.165) is 16.0 Å². The summed E-state index contributed by atoms with van der Waals surface area (Å²) in [6.07, 6.45) is 1.95. The number of nitrogens with zero attached hydrogens (tertiary/aromatic N) is 3. The number of aryl methyl sites for hydroxylation is 1. The molecule has 0 saturated carbocycles. The number of nitro groups is 1. The number of rotatable bonds is 6. The number of amides is 2. The van der Waals surface area contributed by atoms with Gasteiger partial charge in [-0.3, -0.25) is 24.6 Å². The molecule has 0 aliphatic carbocycles. The van der Waals surface area contributed by atoms with Crippen LogP contribution in [0.1, 0.15) is 23.8 Å². The van der Waals surface area contributed by atoms with Gasteiger partial charge in [-0.05, 0) is 55.2 Å². The number of furan rings is 1. The van der Waals surface area contributed by atoms with Gasteiger partial charge in [-0.25, -0.2) is 0 Å². The molecule has 0 spiro atoms. The summed E-state index contributed by atoms with van der Waals surface area (Å²) in [6.45, 7) is 3.50. The maximum atomic E-state index is 13.3. The molecule has 0 atom stereocenters. The van der Waals surface area contributed by atoms with E-state index in [1.165, 1.54) is 18.2 Å². The quantitative estimate of drug-likeness (QED) is 0.218. The van der Waals surface area contributed by atoms with Crippen molar-refractivity contribution in [2.45, 2.75) is 20.3 Å². The van der Waals surface area contributed by atoms with Gasteiger partial charge < -0.3 is 4.42 Å². The molecule has 2 heterocycles. The molecule has 4 rings (SSSR count). The van der Waals surface area contributed by atoms with Crippen LogP contribution in [0.25, 0.3) is 17.4 Å². The number of hydrogen-bond acceptors (Lipinski definition) is 6. The third-order valence-electron chi connectivity index (χ3n) is 5.90. The molecule has 0 radical (unpaired) electrons. The summed E-state index contributed by atoms with van der Waals surface area (Å²) in [7, 11) is 0. The summed E-state index contributed by atoms with van der Waals surface area (Å²) in [5, 5.41) is 20.7. The average Bonchev–Trinajstić information content (AvgIpc) is 3.31. The number of nitro benzene ring substituents is 1. The summed E-state index contributed by atoms with van der Waals surface area (Å²) in [5.41, 5.74) is 2.63. The lowest BCUT2D eigenvalue weighted by Gasteiger charge is -2.27. The van der Waals surface area contributed by atoms with E-state index < -0.39 is 16.7 Å². The fraction of sp³-hybridized carbons (Fsp3) is 0.148. The zero-order chi connectivity index (χ0) is 25.1. The van der Waals surface area contributed by atoms with E-state index >= 15 is 0 Å². The molecule has 0 bridgehead atoms. The number of nitriles is 1. The third-order valence-corrected chi connectivity index (χ3v) is 5.90. The summed E-state index contributed by atoms with van der Waals surface area (Å²) >= 11 is 0. The first-order valence-corrected chi connectivity index (χ1v) is 10.9. The van der Waals surface area contributed by atoms with Crippen LogP contribution in [0.3, 0.4) is 0 Å². The van der Waals surface area contributed by atoms with Crippen LogP contribution in [-0.2, 0) is 16.0 Å². The first-order chi connectivity index (χ1) is 16.8. The van der Waals surface area contributed by atoms with Crippen LogP contribution in [-0.4, -0.2) is 28.2 Å². The molecular formula is C27H21N3O5. The molecule has 1 aliphatic rings. The molecule has 3 aromatic rings. The maximum absolute atomic E-state index is 13.3. The van der Waals surface area contributed by atoms with Crippen LogP contribution in [0.2, 0.25) is 0 Å². The Kier molecular flexibility index (Phi) is 6.42. The van der Waals surface area contributed by atoms with Crippen molar-refractivity contribution < 1.29 is 18.9 Å². The molecule has 174 valence electrons. The van der Waals surface area contributed by atoms with Crippen molar-refractivity contribution in [2.24, 2.45) is 0 Å². The minimum Gasteiger partial charge on any atom is -0.457 e. The molecule has 2 aromatic carbocycles. The standard InChI is InChI=1S/C27H21N3O5/c1-17-8-9-20(30(33)34)14-22(17)25-11-10-21(35-25)15-23-18(2)24(16-28)27(32)29(26(23)31)13-12-19-6-4-3-5-7-19/h3-11,14-15H,12-13H2,1-2H3/b23-15+. The zero-order valence-electron chi connectivity index (χ0n) is 19.1. The predicted molar refractivity (Wildman–Crippen MR) is 129 cm³/mol. The Balaban J connectivity index is 1.68. The second-order valence-corrected chi connectivity index (χ2v) is 8.13. The van der Waals surface area contributed by atoms with E-state index in [1.807, 2.05) is 43.3 Å². The van der Waals surface area contributed by atoms with Crippen molar-refractivity contribution in [1.29, 1.82) is 5.26 Å². The van der Waals surface area contributed by atoms with Crippen LogP contribution in [0, 0.1) is 28.4 Å². The van der Waals surface area contributed by atoms with E-state index in [4.69, 9.17) is 4.42 Å². The molecule has 8 nitrogen and oxygen atoms in total. The van der Waals surface area contributed by atoms with E-state index in [1.54, 1.807) is 25.1 Å². The van der Waals surface area contributed by atoms with Crippen LogP contribution in [0.5, 0.6) is 0 Å². The lowest BCUT2D eigenvalue weighted by Crippen LogP contribution is -2.43. The molecule has 0 unspecified atom stereocenters. The topological polar surface area (TPSA) is 117 Å². The highest BCUT2D eigenvalue weighted by atomic mass is 16.6. The van der Waals surface area contributed by atoms with Gasteiger partial charge in [0.2, 0.25) is 0 Å². The monoisotopic (exact) mass is 467 g/mol. The van der Waals surface area contributed by atoms with Crippen molar-refractivity contribution in [3.63, 3.8) is 0 Å². The van der Waals surface area contributed by atoms with Gasteiger partial charge in [0, 0.05) is 29.8 Å². The number of benzene rings is 2. The van der Waals surface area contributed by atoms with Crippen molar-refractivity contribution in [3.8, 4) is 17.4 Å². The smallest absolute Gasteiger partial charge is 0.271 e. The van der Waals surface area contributed by atoms with Gasteiger partial charge in [0.25, 0.3) is 17.5 Å². The zero-order valence-corrected chi connectivity index (χ0v) is 19.1. The lowest BCUT2D eigenvalue weighted by atomic mass is 9.94. The van der Waals surface area contributed by atoms with E-state index in [9.17, 15) is 25.0 Å². The Morgan fingerprint density at radius 3 is 2.49 bits per heavy atom. The molecular weight excluding hydrogens is 446 g/mol. The minimum absolute atomic E-state index is 0.0608. The van der Waals surface area contributed by atoms with Crippen LogP contribution >= 0.6 is 0 Å². The highest BCUT2D eigenvalue weighted by molar-refractivity contribution is 6.19. The molecule has 0 saturated heterocycles. The fourth-order valence-corrected chi connectivity index (χ4v) is 3.92.